The van der Waals surface area contributed by atoms with Crippen LogP contribution in [0.1, 0.15) is 5.69 Å². The molecule has 3 rings (SSSR count). The van der Waals surface area contributed by atoms with Crippen LogP contribution in [-0.2, 0) is 10.3 Å². The number of fused-ring (bicyclic) bond motifs is 1. The third kappa shape index (κ3) is 2.54. The lowest BCUT2D eigenvalue weighted by Crippen LogP contribution is -2.66. The van der Waals surface area contributed by atoms with Crippen LogP contribution in [0.4, 0.5) is 0 Å². The maximum Gasteiger partial charge on any atom is 0.184 e. The van der Waals surface area contributed by atoms with Crippen LogP contribution in [0, 0.1) is 0 Å². The quantitative estimate of drug-likeness (QED) is 0.417. The smallest absolute Gasteiger partial charge is 0.184 e. The second-order valence-corrected chi connectivity index (χ2v) is 6.32. The van der Waals surface area contributed by atoms with Crippen molar-refractivity contribution in [3.05, 3.63) is 35.0 Å². The van der Waals surface area contributed by atoms with Crippen molar-refractivity contribution in [1.29, 1.82) is 0 Å². The number of para-hydroxylation sites is 1. The van der Waals surface area contributed by atoms with Gasteiger partial charge in [-0.15, -0.1) is 0 Å². The minimum atomic E-state index is -2.35. The molecule has 1 saturated heterocycles. The van der Waals surface area contributed by atoms with Crippen LogP contribution >= 0.6 is 23.2 Å². The Balaban J connectivity index is 2.13. The van der Waals surface area contributed by atoms with E-state index in [2.05, 4.69) is 4.98 Å². The van der Waals surface area contributed by atoms with Crippen LogP contribution in [-0.4, -0.2) is 60.7 Å². The summed E-state index contributed by atoms with van der Waals surface area (Å²) in [5.74, 6) is 0. The number of ether oxygens (including phenoxy) is 1. The van der Waals surface area contributed by atoms with E-state index in [1.807, 2.05) is 0 Å². The Hall–Kier alpha value is -0.900. The summed E-state index contributed by atoms with van der Waals surface area (Å²) in [6.45, 7) is 0. The molecule has 0 spiro atoms. The van der Waals surface area contributed by atoms with Crippen LogP contribution in [0.3, 0.4) is 0 Å². The first kappa shape index (κ1) is 16.9. The second-order valence-electron chi connectivity index (χ2n) is 5.47. The predicted octanol–water partition coefficient (Wildman–Crippen LogP) is 0.00510. The zero-order chi connectivity index (χ0) is 16.9. The van der Waals surface area contributed by atoms with Gasteiger partial charge in [0.05, 0.1) is 16.2 Å². The van der Waals surface area contributed by atoms with Gasteiger partial charge in [0.1, 0.15) is 18.3 Å². The van der Waals surface area contributed by atoms with E-state index >= 15 is 0 Å². The van der Waals surface area contributed by atoms with Crippen molar-refractivity contribution in [2.75, 3.05) is 0 Å². The highest BCUT2D eigenvalue weighted by atomic mass is 35.5. The molecule has 1 unspecified atom stereocenters. The molecule has 0 amide bonds. The summed E-state index contributed by atoms with van der Waals surface area (Å²) in [6, 6.07) is 6.52. The Morgan fingerprint density at radius 3 is 2.52 bits per heavy atom. The van der Waals surface area contributed by atoms with E-state index in [4.69, 9.17) is 27.9 Å². The Kier molecular flexibility index (Phi) is 4.33. The summed E-state index contributed by atoms with van der Waals surface area (Å²) in [5, 5.41) is 51.6. The van der Waals surface area contributed by atoms with Gasteiger partial charge < -0.3 is 35.3 Å². The maximum absolute atomic E-state index is 10.9. The molecule has 1 aliphatic heterocycles. The number of rotatable bonds is 2. The molecule has 1 aromatic carbocycles. The van der Waals surface area contributed by atoms with Crippen molar-refractivity contribution in [1.82, 2.24) is 4.98 Å². The van der Waals surface area contributed by atoms with Crippen molar-refractivity contribution in [2.45, 2.75) is 35.8 Å². The number of aliphatic hydroxyl groups excluding tert-OH is 4. The first-order valence-electron chi connectivity index (χ1n) is 6.78. The summed E-state index contributed by atoms with van der Waals surface area (Å²) in [7, 11) is 0. The van der Waals surface area contributed by atoms with Crippen molar-refractivity contribution in [2.24, 2.45) is 0 Å². The first-order chi connectivity index (χ1) is 10.8. The lowest BCUT2D eigenvalue weighted by Gasteiger charge is -2.46. The van der Waals surface area contributed by atoms with Gasteiger partial charge in [-0.1, -0.05) is 35.3 Å². The molecule has 126 valence electrons. The van der Waals surface area contributed by atoms with Crippen LogP contribution in [0.5, 0.6) is 0 Å². The topological polar surface area (TPSA) is 126 Å². The molecule has 7 nitrogen and oxygen atoms in total. The summed E-state index contributed by atoms with van der Waals surface area (Å²) < 4.78 is 4.86. The molecule has 1 aliphatic rings. The van der Waals surface area contributed by atoms with Gasteiger partial charge in [0.15, 0.2) is 17.5 Å². The van der Waals surface area contributed by atoms with Crippen molar-refractivity contribution >= 4 is 34.1 Å². The van der Waals surface area contributed by atoms with E-state index in [1.54, 1.807) is 18.2 Å². The number of aromatic amines is 1. The highest BCUT2D eigenvalue weighted by molar-refractivity contribution is 6.35. The lowest BCUT2D eigenvalue weighted by molar-refractivity contribution is -0.330. The Labute approximate surface area is 140 Å². The van der Waals surface area contributed by atoms with E-state index in [-0.39, 0.29) is 5.69 Å². The fourth-order valence-corrected chi connectivity index (χ4v) is 3.25. The number of aliphatic hydroxyl groups is 5. The van der Waals surface area contributed by atoms with E-state index in [0.29, 0.717) is 15.9 Å². The van der Waals surface area contributed by atoms with E-state index < -0.39 is 35.8 Å². The van der Waals surface area contributed by atoms with Gasteiger partial charge in [0, 0.05) is 5.39 Å². The van der Waals surface area contributed by atoms with E-state index in [9.17, 15) is 25.5 Å². The average Bonchev–Trinajstić information content (AvgIpc) is 2.94. The molecule has 2 heterocycles. The third-order valence-corrected chi connectivity index (χ3v) is 4.65. The molecular weight excluding hydrogens is 349 g/mol. The standard InChI is InChI=1S/C14H15Cl2NO6/c15-6-3-1-2-5-4-7(17-8(5)6)14(22)10(18)9(12(16)20)23-13(21)11(14)19/h1-4,9-13,17-22H/t9-,10+,11+,12?,13-,14-/m0/s1. The summed E-state index contributed by atoms with van der Waals surface area (Å²) in [5.41, 5.74) is -3.56. The summed E-state index contributed by atoms with van der Waals surface area (Å²) >= 11 is 11.6. The highest BCUT2D eigenvalue weighted by Crippen LogP contribution is 2.40. The molecule has 9 heteroatoms. The molecule has 1 aromatic heterocycles. The lowest BCUT2D eigenvalue weighted by atomic mass is 9.81. The predicted molar refractivity (Wildman–Crippen MR) is 82.0 cm³/mol. The number of benzene rings is 1. The number of halogens is 2. The average molecular weight is 364 g/mol. The number of alkyl halides is 1. The fraction of sp³-hybridized carbons (Fsp3) is 0.429. The van der Waals surface area contributed by atoms with Crippen LogP contribution < -0.4 is 0 Å². The van der Waals surface area contributed by atoms with Gasteiger partial charge in [-0.25, -0.2) is 0 Å². The summed E-state index contributed by atoms with van der Waals surface area (Å²) in [4.78, 5) is 2.82. The SMILES string of the molecule is OC(Cl)[C@H]1O[C@H](O)[C@@H](O)[C@](O)(c2cc3cccc(Cl)c3[nH]2)[C@@H]1O. The third-order valence-electron chi connectivity index (χ3n) is 4.09. The largest absolute Gasteiger partial charge is 0.387 e. The Morgan fingerprint density at radius 1 is 1.22 bits per heavy atom. The molecule has 23 heavy (non-hydrogen) atoms. The zero-order valence-corrected chi connectivity index (χ0v) is 13.1. The molecule has 0 bridgehead atoms. The second kappa shape index (κ2) is 5.87. The van der Waals surface area contributed by atoms with Gasteiger partial charge in [-0.2, -0.15) is 0 Å². The Bertz CT molecular complexity index is 722. The maximum atomic E-state index is 10.9. The molecule has 6 N–H and O–H groups in total. The number of hydrogen-bond acceptors (Lipinski definition) is 6. The molecule has 0 radical (unpaired) electrons. The minimum Gasteiger partial charge on any atom is -0.387 e. The molecule has 1 fully saturated rings. The van der Waals surface area contributed by atoms with E-state index in [1.165, 1.54) is 6.07 Å². The van der Waals surface area contributed by atoms with Crippen molar-refractivity contribution < 1.29 is 30.3 Å². The molecule has 2 aromatic rings. The first-order valence-corrected chi connectivity index (χ1v) is 7.60. The number of nitrogens with one attached hydrogen (secondary N) is 1. The van der Waals surface area contributed by atoms with Crippen LogP contribution in [0.2, 0.25) is 5.02 Å². The summed E-state index contributed by atoms with van der Waals surface area (Å²) in [6.07, 6.45) is -7.05. The van der Waals surface area contributed by atoms with Crippen molar-refractivity contribution in [3.8, 4) is 0 Å². The molecule has 6 atom stereocenters. The zero-order valence-electron chi connectivity index (χ0n) is 11.6. The minimum absolute atomic E-state index is 0.00488. The molecular formula is C14H15Cl2NO6. The van der Waals surface area contributed by atoms with Gasteiger partial charge in [0.25, 0.3) is 0 Å². The van der Waals surface area contributed by atoms with Crippen LogP contribution in [0.25, 0.3) is 10.9 Å². The van der Waals surface area contributed by atoms with Gasteiger partial charge in [-0.05, 0) is 12.1 Å². The van der Waals surface area contributed by atoms with E-state index in [0.717, 1.165) is 0 Å². The number of hydrogen-bond donors (Lipinski definition) is 6. The number of H-pyrrole nitrogens is 1. The molecule has 0 saturated carbocycles. The number of aromatic nitrogens is 1. The van der Waals surface area contributed by atoms with Gasteiger partial charge >= 0.3 is 0 Å². The fourth-order valence-electron chi connectivity index (χ4n) is 2.82. The monoisotopic (exact) mass is 363 g/mol. The molecule has 0 aliphatic carbocycles. The Morgan fingerprint density at radius 2 is 1.91 bits per heavy atom. The van der Waals surface area contributed by atoms with Gasteiger partial charge in [0.2, 0.25) is 0 Å². The van der Waals surface area contributed by atoms with Crippen molar-refractivity contribution in [3.63, 3.8) is 0 Å². The van der Waals surface area contributed by atoms with Crippen LogP contribution in [0.15, 0.2) is 24.3 Å². The highest BCUT2D eigenvalue weighted by Gasteiger charge is 2.58. The van der Waals surface area contributed by atoms with Gasteiger partial charge in [-0.3, -0.25) is 0 Å². The normalized spacial score (nSPS) is 36.3.